The van der Waals surface area contributed by atoms with Gasteiger partial charge < -0.3 is 5.11 Å². The van der Waals surface area contributed by atoms with Gasteiger partial charge in [-0.25, -0.2) is 13.1 Å². The predicted molar refractivity (Wildman–Crippen MR) is 79.4 cm³/mol. The number of nitrogens with one attached hydrogen (secondary N) is 2. The number of rotatable bonds is 5. The van der Waals surface area contributed by atoms with E-state index in [9.17, 15) is 13.5 Å². The first kappa shape index (κ1) is 16.0. The van der Waals surface area contributed by atoms with Gasteiger partial charge in [0.15, 0.2) is 5.03 Å². The Labute approximate surface area is 128 Å². The molecular weight excluding hydrogens is 314 g/mol. The van der Waals surface area contributed by atoms with Crippen LogP contribution in [0.1, 0.15) is 29.8 Å². The number of aryl methyl sites for hydroxylation is 1. The van der Waals surface area contributed by atoms with E-state index in [1.807, 2.05) is 0 Å². The maximum Gasteiger partial charge on any atom is 0.260 e. The van der Waals surface area contributed by atoms with Gasteiger partial charge in [0.05, 0.1) is 6.61 Å². The lowest BCUT2D eigenvalue weighted by Gasteiger charge is -2.15. The zero-order valence-corrected chi connectivity index (χ0v) is 13.2. The summed E-state index contributed by atoms with van der Waals surface area (Å²) in [6.07, 6.45) is 0. The van der Waals surface area contributed by atoms with E-state index in [2.05, 4.69) is 14.9 Å². The number of hydrogen-bond acceptors (Lipinski definition) is 4. The van der Waals surface area contributed by atoms with E-state index in [0.29, 0.717) is 16.3 Å². The molecule has 1 heterocycles. The summed E-state index contributed by atoms with van der Waals surface area (Å²) in [5.41, 5.74) is 1.44. The van der Waals surface area contributed by atoms with Crippen LogP contribution in [-0.2, 0) is 16.6 Å². The van der Waals surface area contributed by atoms with Crippen LogP contribution >= 0.6 is 11.6 Å². The lowest BCUT2D eigenvalue weighted by molar-refractivity contribution is 0.277. The fourth-order valence-corrected chi connectivity index (χ4v) is 3.73. The number of aliphatic hydroxyl groups is 1. The molecule has 0 saturated carbocycles. The fraction of sp³-hybridized carbons (Fsp3) is 0.308. The molecule has 0 aliphatic carbocycles. The van der Waals surface area contributed by atoms with Gasteiger partial charge in [-0.2, -0.15) is 5.10 Å². The Morgan fingerprint density at radius 2 is 2.10 bits per heavy atom. The van der Waals surface area contributed by atoms with Crippen LogP contribution in [0.4, 0.5) is 0 Å². The van der Waals surface area contributed by atoms with Gasteiger partial charge in [0.2, 0.25) is 0 Å². The van der Waals surface area contributed by atoms with Gasteiger partial charge in [0, 0.05) is 22.3 Å². The van der Waals surface area contributed by atoms with Crippen molar-refractivity contribution >= 4 is 21.6 Å². The molecule has 1 atom stereocenters. The number of aromatic amines is 1. The third-order valence-electron chi connectivity index (χ3n) is 3.15. The SMILES string of the molecule is Cc1[nH]nc(S(=O)(=O)NC(C)c2ccccc2Cl)c1CO. The van der Waals surface area contributed by atoms with Crippen molar-refractivity contribution in [1.82, 2.24) is 14.9 Å². The molecule has 1 aromatic heterocycles. The molecule has 114 valence electrons. The van der Waals surface area contributed by atoms with Gasteiger partial charge in [-0.15, -0.1) is 0 Å². The number of nitrogens with zero attached hydrogens (tertiary/aromatic N) is 1. The standard InChI is InChI=1S/C13H16ClN3O3S/c1-8-11(7-18)13(16-15-8)21(19,20)17-9(2)10-5-3-4-6-12(10)14/h3-6,9,17-18H,7H2,1-2H3,(H,15,16). The molecule has 1 aromatic carbocycles. The zero-order chi connectivity index (χ0) is 15.6. The zero-order valence-electron chi connectivity index (χ0n) is 11.6. The normalized spacial score (nSPS) is 13.3. The Morgan fingerprint density at radius 3 is 2.71 bits per heavy atom. The molecule has 1 unspecified atom stereocenters. The molecule has 6 nitrogen and oxygen atoms in total. The van der Waals surface area contributed by atoms with Crippen molar-refractivity contribution in [3.05, 3.63) is 46.1 Å². The number of benzene rings is 1. The van der Waals surface area contributed by atoms with Crippen molar-refractivity contribution in [3.8, 4) is 0 Å². The molecule has 0 saturated heterocycles. The average Bonchev–Trinajstić information content (AvgIpc) is 2.80. The number of sulfonamides is 1. The second-order valence-corrected chi connectivity index (χ2v) is 6.69. The van der Waals surface area contributed by atoms with E-state index in [-0.39, 0.29) is 10.6 Å². The highest BCUT2D eigenvalue weighted by Crippen LogP contribution is 2.24. The maximum atomic E-state index is 12.4. The predicted octanol–water partition coefficient (Wildman–Crippen LogP) is 1.90. The van der Waals surface area contributed by atoms with Crippen LogP contribution in [0.15, 0.2) is 29.3 Å². The van der Waals surface area contributed by atoms with Crippen LogP contribution in [0.5, 0.6) is 0 Å². The first-order chi connectivity index (χ1) is 9.86. The van der Waals surface area contributed by atoms with Crippen LogP contribution in [0.2, 0.25) is 5.02 Å². The molecule has 0 fully saturated rings. The Kier molecular flexibility index (Phi) is 4.67. The third-order valence-corrected chi connectivity index (χ3v) is 5.01. The number of halogens is 1. The smallest absolute Gasteiger partial charge is 0.260 e. The van der Waals surface area contributed by atoms with Crippen LogP contribution in [0, 0.1) is 6.92 Å². The maximum absolute atomic E-state index is 12.4. The minimum absolute atomic E-state index is 0.193. The molecular formula is C13H16ClN3O3S. The summed E-state index contributed by atoms with van der Waals surface area (Å²) in [5, 5.41) is 15.9. The second kappa shape index (κ2) is 6.15. The Bertz CT molecular complexity index is 743. The number of aliphatic hydroxyl groups excluding tert-OH is 1. The van der Waals surface area contributed by atoms with Crippen LogP contribution < -0.4 is 4.72 Å². The highest BCUT2D eigenvalue weighted by Gasteiger charge is 2.26. The minimum atomic E-state index is -3.86. The second-order valence-electron chi connectivity index (χ2n) is 4.65. The van der Waals surface area contributed by atoms with Gasteiger partial charge in [0.25, 0.3) is 10.0 Å². The number of H-pyrrole nitrogens is 1. The molecule has 8 heteroatoms. The summed E-state index contributed by atoms with van der Waals surface area (Å²) in [6.45, 7) is 2.94. The van der Waals surface area contributed by atoms with Crippen molar-refractivity contribution in [2.24, 2.45) is 0 Å². The summed E-state index contributed by atoms with van der Waals surface area (Å²) in [7, 11) is -3.86. The number of aromatic nitrogens is 2. The summed E-state index contributed by atoms with van der Waals surface area (Å²) in [6, 6.07) is 6.47. The van der Waals surface area contributed by atoms with E-state index in [1.165, 1.54) is 0 Å². The van der Waals surface area contributed by atoms with Crippen LogP contribution in [-0.4, -0.2) is 23.7 Å². The van der Waals surface area contributed by atoms with Gasteiger partial charge in [-0.3, -0.25) is 5.10 Å². The highest BCUT2D eigenvalue weighted by molar-refractivity contribution is 7.89. The lowest BCUT2D eigenvalue weighted by Crippen LogP contribution is -2.28. The van der Waals surface area contributed by atoms with E-state index >= 15 is 0 Å². The largest absolute Gasteiger partial charge is 0.392 e. The average molecular weight is 330 g/mol. The van der Waals surface area contributed by atoms with Gasteiger partial charge in [0.1, 0.15) is 0 Å². The monoisotopic (exact) mass is 329 g/mol. The topological polar surface area (TPSA) is 95.1 Å². The van der Waals surface area contributed by atoms with E-state index in [4.69, 9.17) is 11.6 Å². The fourth-order valence-electron chi connectivity index (χ4n) is 2.02. The first-order valence-electron chi connectivity index (χ1n) is 6.28. The summed E-state index contributed by atoms with van der Waals surface area (Å²) >= 11 is 6.06. The van der Waals surface area contributed by atoms with Crippen LogP contribution in [0.25, 0.3) is 0 Å². The van der Waals surface area contributed by atoms with Gasteiger partial charge in [-0.05, 0) is 25.5 Å². The minimum Gasteiger partial charge on any atom is -0.392 e. The van der Waals surface area contributed by atoms with Crippen molar-refractivity contribution in [3.63, 3.8) is 0 Å². The Balaban J connectivity index is 2.31. The molecule has 0 aliphatic rings. The van der Waals surface area contributed by atoms with Crippen molar-refractivity contribution in [1.29, 1.82) is 0 Å². The Hall–Kier alpha value is -1.41. The van der Waals surface area contributed by atoms with Crippen molar-refractivity contribution in [2.75, 3.05) is 0 Å². The quantitative estimate of drug-likeness (QED) is 0.780. The molecule has 3 N–H and O–H groups in total. The summed E-state index contributed by atoms with van der Waals surface area (Å²) in [5.74, 6) is 0. The van der Waals surface area contributed by atoms with Gasteiger partial charge >= 0.3 is 0 Å². The molecule has 0 bridgehead atoms. The van der Waals surface area contributed by atoms with Gasteiger partial charge in [-0.1, -0.05) is 29.8 Å². The molecule has 0 aliphatic heterocycles. The molecule has 21 heavy (non-hydrogen) atoms. The van der Waals surface area contributed by atoms with Crippen LogP contribution in [0.3, 0.4) is 0 Å². The first-order valence-corrected chi connectivity index (χ1v) is 8.14. The van der Waals surface area contributed by atoms with Crippen molar-refractivity contribution < 1.29 is 13.5 Å². The molecule has 0 spiro atoms. The van der Waals surface area contributed by atoms with Crippen molar-refractivity contribution in [2.45, 2.75) is 31.5 Å². The van der Waals surface area contributed by atoms with E-state index in [1.54, 1.807) is 38.1 Å². The highest BCUT2D eigenvalue weighted by atomic mass is 35.5. The molecule has 2 aromatic rings. The molecule has 0 radical (unpaired) electrons. The third kappa shape index (κ3) is 3.26. The summed E-state index contributed by atoms with van der Waals surface area (Å²) < 4.78 is 27.3. The van der Waals surface area contributed by atoms with E-state index in [0.717, 1.165) is 0 Å². The number of hydrogen-bond donors (Lipinski definition) is 3. The molecule has 0 amide bonds. The van der Waals surface area contributed by atoms with E-state index < -0.39 is 22.7 Å². The molecule has 2 rings (SSSR count). The lowest BCUT2D eigenvalue weighted by atomic mass is 10.1. The Morgan fingerprint density at radius 1 is 1.43 bits per heavy atom. The summed E-state index contributed by atoms with van der Waals surface area (Å²) in [4.78, 5) is 0.